The number of aryl methyl sites for hydroxylation is 2. The van der Waals surface area contributed by atoms with Crippen molar-refractivity contribution in [2.45, 2.75) is 39.7 Å². The molecule has 0 saturated carbocycles. The number of fused-ring (bicyclic) bond motifs is 1. The monoisotopic (exact) mass is 333 g/mol. The summed E-state index contributed by atoms with van der Waals surface area (Å²) in [6.45, 7) is 8.26. The van der Waals surface area contributed by atoms with Crippen molar-refractivity contribution in [3.63, 3.8) is 0 Å². The molecule has 0 radical (unpaired) electrons. The van der Waals surface area contributed by atoms with Gasteiger partial charge in [-0.25, -0.2) is 9.78 Å². The molecule has 1 aromatic carbocycles. The fraction of sp³-hybridized carbons (Fsp3) is 0.529. The minimum atomic E-state index is 0.0252. The molecule has 124 valence electrons. The molecule has 3 rings (SSSR count). The molecule has 2 heterocycles. The van der Waals surface area contributed by atoms with Crippen molar-refractivity contribution >= 4 is 27.6 Å². The Kier molecular flexibility index (Phi) is 4.71. The number of hydrogen-bond donors (Lipinski definition) is 1. The Morgan fingerprint density at radius 1 is 1.35 bits per heavy atom. The van der Waals surface area contributed by atoms with Gasteiger partial charge >= 0.3 is 6.03 Å². The van der Waals surface area contributed by atoms with Crippen LogP contribution in [0.5, 0.6) is 5.19 Å². The molecule has 0 atom stereocenters. The number of aromatic nitrogens is 1. The van der Waals surface area contributed by atoms with Crippen molar-refractivity contribution in [3.05, 3.63) is 23.3 Å². The largest absolute Gasteiger partial charge is 0.467 e. The van der Waals surface area contributed by atoms with Crippen molar-refractivity contribution in [2.75, 3.05) is 19.6 Å². The number of carbonyl (C=O) groups excluding carboxylic acids is 1. The lowest BCUT2D eigenvalue weighted by atomic mass is 10.1. The minimum absolute atomic E-state index is 0.0252. The van der Waals surface area contributed by atoms with Crippen molar-refractivity contribution in [2.24, 2.45) is 0 Å². The zero-order valence-corrected chi connectivity index (χ0v) is 14.7. The predicted octanol–water partition coefficient (Wildman–Crippen LogP) is 3.49. The summed E-state index contributed by atoms with van der Waals surface area (Å²) >= 11 is 1.62. The van der Waals surface area contributed by atoms with E-state index in [4.69, 9.17) is 4.74 Å². The summed E-state index contributed by atoms with van der Waals surface area (Å²) in [4.78, 5) is 18.3. The summed E-state index contributed by atoms with van der Waals surface area (Å²) in [7, 11) is 0. The second kappa shape index (κ2) is 6.74. The van der Waals surface area contributed by atoms with E-state index < -0.39 is 0 Å². The smallest absolute Gasteiger partial charge is 0.317 e. The summed E-state index contributed by atoms with van der Waals surface area (Å²) in [6.07, 6.45) is 1.85. The van der Waals surface area contributed by atoms with Gasteiger partial charge in [0.25, 0.3) is 5.19 Å². The second-order valence-electron chi connectivity index (χ2n) is 6.00. The molecule has 1 N–H and O–H groups in total. The third-order valence-corrected chi connectivity index (χ3v) is 5.33. The van der Waals surface area contributed by atoms with E-state index in [1.54, 1.807) is 11.3 Å². The van der Waals surface area contributed by atoms with Crippen LogP contribution in [0.4, 0.5) is 4.79 Å². The van der Waals surface area contributed by atoms with Gasteiger partial charge in [-0.05, 0) is 31.9 Å². The van der Waals surface area contributed by atoms with Crippen LogP contribution in [-0.4, -0.2) is 41.7 Å². The van der Waals surface area contributed by atoms with E-state index in [-0.39, 0.29) is 12.1 Å². The lowest BCUT2D eigenvalue weighted by Crippen LogP contribution is -2.46. The molecule has 1 aliphatic rings. The minimum Gasteiger partial charge on any atom is -0.467 e. The number of carbonyl (C=O) groups is 1. The van der Waals surface area contributed by atoms with Crippen molar-refractivity contribution in [1.29, 1.82) is 0 Å². The number of nitrogens with one attached hydrogen (secondary N) is 1. The van der Waals surface area contributed by atoms with Crippen LogP contribution < -0.4 is 10.1 Å². The highest BCUT2D eigenvalue weighted by Gasteiger charge is 2.24. The van der Waals surface area contributed by atoms with E-state index in [1.807, 2.05) is 11.8 Å². The van der Waals surface area contributed by atoms with Gasteiger partial charge in [0.05, 0.1) is 10.2 Å². The Labute approximate surface area is 140 Å². The lowest BCUT2D eigenvalue weighted by molar-refractivity contribution is 0.111. The van der Waals surface area contributed by atoms with Gasteiger partial charge in [0.15, 0.2) is 0 Å². The molecule has 0 bridgehead atoms. The number of urea groups is 1. The van der Waals surface area contributed by atoms with Crippen LogP contribution in [0.15, 0.2) is 12.1 Å². The number of likely N-dealkylation sites (tertiary alicyclic amines) is 1. The number of nitrogens with zero attached hydrogens (tertiary/aromatic N) is 2. The summed E-state index contributed by atoms with van der Waals surface area (Å²) in [5.41, 5.74) is 3.47. The number of ether oxygens (including phenoxy) is 1. The first kappa shape index (κ1) is 16.1. The van der Waals surface area contributed by atoms with Crippen LogP contribution in [-0.2, 0) is 0 Å². The second-order valence-corrected chi connectivity index (χ2v) is 6.96. The number of benzene rings is 1. The Balaban J connectivity index is 1.64. The molecule has 23 heavy (non-hydrogen) atoms. The standard InChI is InChI=1S/C17H23N3O2S/c1-4-18-16(21)20-9-7-13(8-10-20)22-17-19-14-11(2)5-6-12(3)15(14)23-17/h5-6,13H,4,7-10H2,1-3H3,(H,18,21). The van der Waals surface area contributed by atoms with Crippen molar-refractivity contribution in [3.8, 4) is 5.19 Å². The molecular formula is C17H23N3O2S. The molecule has 2 aromatic rings. The molecule has 1 saturated heterocycles. The molecule has 1 fully saturated rings. The van der Waals surface area contributed by atoms with Gasteiger partial charge in [0.1, 0.15) is 6.10 Å². The Morgan fingerprint density at radius 3 is 2.70 bits per heavy atom. The Morgan fingerprint density at radius 2 is 2.04 bits per heavy atom. The number of hydrogen-bond acceptors (Lipinski definition) is 4. The first-order valence-electron chi connectivity index (χ1n) is 8.14. The molecule has 1 aromatic heterocycles. The van der Waals surface area contributed by atoms with Crippen LogP contribution in [0.3, 0.4) is 0 Å². The van der Waals surface area contributed by atoms with Crippen LogP contribution in [0.1, 0.15) is 30.9 Å². The highest BCUT2D eigenvalue weighted by atomic mass is 32.1. The fourth-order valence-corrected chi connectivity index (χ4v) is 3.90. The topological polar surface area (TPSA) is 54.5 Å². The van der Waals surface area contributed by atoms with E-state index in [9.17, 15) is 4.79 Å². The lowest BCUT2D eigenvalue weighted by Gasteiger charge is -2.31. The third kappa shape index (κ3) is 3.42. The van der Waals surface area contributed by atoms with Gasteiger partial charge in [-0.2, -0.15) is 0 Å². The van der Waals surface area contributed by atoms with Crippen LogP contribution in [0.25, 0.3) is 10.2 Å². The van der Waals surface area contributed by atoms with Crippen molar-refractivity contribution in [1.82, 2.24) is 15.2 Å². The zero-order chi connectivity index (χ0) is 16.4. The Hall–Kier alpha value is -1.82. The number of amides is 2. The van der Waals surface area contributed by atoms with Gasteiger partial charge in [0.2, 0.25) is 0 Å². The average Bonchev–Trinajstić information content (AvgIpc) is 2.97. The van der Waals surface area contributed by atoms with Gasteiger partial charge in [0, 0.05) is 32.5 Å². The zero-order valence-electron chi connectivity index (χ0n) is 13.9. The number of thiazole rings is 1. The molecule has 1 aliphatic heterocycles. The van der Waals surface area contributed by atoms with Crippen molar-refractivity contribution < 1.29 is 9.53 Å². The molecule has 6 heteroatoms. The first-order chi connectivity index (χ1) is 11.1. The fourth-order valence-electron chi connectivity index (χ4n) is 2.87. The summed E-state index contributed by atoms with van der Waals surface area (Å²) in [5, 5.41) is 3.59. The summed E-state index contributed by atoms with van der Waals surface area (Å²) in [6, 6.07) is 4.26. The van der Waals surface area contributed by atoms with Gasteiger partial charge in [-0.15, -0.1) is 0 Å². The molecule has 0 aliphatic carbocycles. The number of piperidine rings is 1. The maximum atomic E-state index is 11.8. The molecular weight excluding hydrogens is 310 g/mol. The third-order valence-electron chi connectivity index (χ3n) is 4.25. The predicted molar refractivity (Wildman–Crippen MR) is 93.4 cm³/mol. The highest BCUT2D eigenvalue weighted by Crippen LogP contribution is 2.33. The van der Waals surface area contributed by atoms with Crippen LogP contribution >= 0.6 is 11.3 Å². The maximum absolute atomic E-state index is 11.8. The Bertz CT molecular complexity index is 666. The van der Waals surface area contributed by atoms with E-state index in [0.29, 0.717) is 6.54 Å². The SMILES string of the molecule is CCNC(=O)N1CCC(Oc2nc3c(C)ccc(C)c3s2)CC1. The van der Waals surface area contributed by atoms with E-state index in [1.165, 1.54) is 15.8 Å². The molecule has 2 amide bonds. The van der Waals surface area contributed by atoms with E-state index in [2.05, 4.69) is 36.3 Å². The molecule has 5 nitrogen and oxygen atoms in total. The first-order valence-corrected chi connectivity index (χ1v) is 8.96. The summed E-state index contributed by atoms with van der Waals surface area (Å²) < 4.78 is 7.30. The normalized spacial score (nSPS) is 15.9. The van der Waals surface area contributed by atoms with Crippen LogP contribution in [0.2, 0.25) is 0 Å². The number of rotatable bonds is 3. The van der Waals surface area contributed by atoms with Gasteiger partial charge in [-0.1, -0.05) is 23.5 Å². The van der Waals surface area contributed by atoms with Gasteiger partial charge in [-0.3, -0.25) is 0 Å². The van der Waals surface area contributed by atoms with Gasteiger partial charge < -0.3 is 15.0 Å². The average molecular weight is 333 g/mol. The summed E-state index contributed by atoms with van der Waals surface area (Å²) in [5.74, 6) is 0. The van der Waals surface area contributed by atoms with Crippen LogP contribution in [0, 0.1) is 13.8 Å². The molecule has 0 spiro atoms. The molecule has 0 unspecified atom stereocenters. The highest BCUT2D eigenvalue weighted by molar-refractivity contribution is 7.20. The quantitative estimate of drug-likeness (QED) is 0.935. The van der Waals surface area contributed by atoms with E-state index >= 15 is 0 Å². The maximum Gasteiger partial charge on any atom is 0.317 e. The van der Waals surface area contributed by atoms with E-state index in [0.717, 1.165) is 36.6 Å².